The van der Waals surface area contributed by atoms with E-state index in [4.69, 9.17) is 11.6 Å². The van der Waals surface area contributed by atoms with Gasteiger partial charge in [-0.25, -0.2) is 13.4 Å². The molecule has 0 amide bonds. The first-order valence-corrected chi connectivity index (χ1v) is 9.06. The fourth-order valence-corrected chi connectivity index (χ4v) is 4.05. The van der Waals surface area contributed by atoms with E-state index in [0.717, 1.165) is 11.1 Å². The molecule has 3 aromatic rings. The quantitative estimate of drug-likeness (QED) is 0.721. The largest absolute Gasteiger partial charge is 0.291 e. The van der Waals surface area contributed by atoms with Crippen LogP contribution in [0.15, 0.2) is 66.1 Å². The molecule has 1 heterocycles. The second-order valence-electron chi connectivity index (χ2n) is 5.31. The molecule has 3 rings (SSSR count). The van der Waals surface area contributed by atoms with E-state index in [1.54, 1.807) is 36.5 Å². The number of nitrogens with zero attached hydrogens (tertiary/aromatic N) is 2. The Morgan fingerprint density at radius 1 is 1.13 bits per heavy atom. The number of hydrogen-bond donors (Lipinski definition) is 0. The summed E-state index contributed by atoms with van der Waals surface area (Å²) in [5.41, 5.74) is 2.43. The highest BCUT2D eigenvalue weighted by molar-refractivity contribution is 7.90. The molecule has 23 heavy (non-hydrogen) atoms. The van der Waals surface area contributed by atoms with Crippen LogP contribution in [0.5, 0.6) is 0 Å². The van der Waals surface area contributed by atoms with E-state index >= 15 is 0 Å². The summed E-state index contributed by atoms with van der Waals surface area (Å²) in [7, 11) is -3.57. The molecular formula is C17H15ClN2O2S. The van der Waals surface area contributed by atoms with Crippen molar-refractivity contribution in [3.05, 3.63) is 77.1 Å². The number of rotatable bonds is 4. The van der Waals surface area contributed by atoms with Crippen molar-refractivity contribution >= 4 is 21.4 Å². The van der Waals surface area contributed by atoms with Crippen LogP contribution in [0.1, 0.15) is 11.1 Å². The monoisotopic (exact) mass is 346 g/mol. The molecule has 0 saturated heterocycles. The zero-order chi connectivity index (χ0) is 16.4. The van der Waals surface area contributed by atoms with Crippen LogP contribution in [0, 0.1) is 6.92 Å². The molecule has 118 valence electrons. The van der Waals surface area contributed by atoms with Crippen LogP contribution in [0.2, 0.25) is 5.02 Å². The second-order valence-corrected chi connectivity index (χ2v) is 7.63. The molecule has 0 N–H and O–H groups in total. The lowest BCUT2D eigenvalue weighted by Gasteiger charge is -2.09. The van der Waals surface area contributed by atoms with Crippen molar-refractivity contribution in [3.8, 4) is 5.69 Å². The van der Waals surface area contributed by atoms with E-state index in [9.17, 15) is 8.42 Å². The van der Waals surface area contributed by atoms with Gasteiger partial charge in [0.05, 0.1) is 5.75 Å². The molecule has 0 spiro atoms. The van der Waals surface area contributed by atoms with E-state index in [-0.39, 0.29) is 10.9 Å². The van der Waals surface area contributed by atoms with Gasteiger partial charge in [-0.1, -0.05) is 47.5 Å². The first-order chi connectivity index (χ1) is 11.0. The predicted molar refractivity (Wildman–Crippen MR) is 90.6 cm³/mol. The number of benzene rings is 2. The Balaban J connectivity index is 2.00. The van der Waals surface area contributed by atoms with Gasteiger partial charge in [0.1, 0.15) is 0 Å². The summed E-state index contributed by atoms with van der Waals surface area (Å²) in [5.74, 6) is -0.0910. The molecule has 0 unspecified atom stereocenters. The number of aromatic nitrogens is 2. The third-order valence-corrected chi connectivity index (χ3v) is 5.22. The van der Waals surface area contributed by atoms with Gasteiger partial charge in [-0.15, -0.1) is 0 Å². The SMILES string of the molecule is Cc1cccc(CS(=O)(=O)c2nccn2-c2cccc(Cl)c2)c1. The Morgan fingerprint density at radius 2 is 1.91 bits per heavy atom. The Kier molecular flexibility index (Phi) is 4.24. The van der Waals surface area contributed by atoms with E-state index in [1.807, 2.05) is 25.1 Å². The Labute approximate surface area is 140 Å². The molecule has 0 aliphatic carbocycles. The van der Waals surface area contributed by atoms with Crippen LogP contribution >= 0.6 is 11.6 Å². The van der Waals surface area contributed by atoms with Gasteiger partial charge in [0.2, 0.25) is 15.0 Å². The van der Waals surface area contributed by atoms with Crippen LogP contribution in [0.3, 0.4) is 0 Å². The minimum Gasteiger partial charge on any atom is -0.291 e. The maximum Gasteiger partial charge on any atom is 0.232 e. The van der Waals surface area contributed by atoms with Gasteiger partial charge in [0.15, 0.2) is 0 Å². The molecule has 0 radical (unpaired) electrons. The fourth-order valence-electron chi connectivity index (χ4n) is 2.43. The predicted octanol–water partition coefficient (Wildman–Crippen LogP) is 3.81. The van der Waals surface area contributed by atoms with Crippen LogP contribution < -0.4 is 0 Å². The smallest absolute Gasteiger partial charge is 0.232 e. The van der Waals surface area contributed by atoms with E-state index in [2.05, 4.69) is 4.98 Å². The maximum atomic E-state index is 12.7. The van der Waals surface area contributed by atoms with Gasteiger partial charge < -0.3 is 0 Å². The average Bonchev–Trinajstić information content (AvgIpc) is 2.97. The topological polar surface area (TPSA) is 52.0 Å². The van der Waals surface area contributed by atoms with E-state index in [1.165, 1.54) is 10.8 Å². The lowest BCUT2D eigenvalue weighted by atomic mass is 10.2. The summed E-state index contributed by atoms with van der Waals surface area (Å²) in [4.78, 5) is 4.04. The molecule has 0 atom stereocenters. The number of aryl methyl sites for hydroxylation is 1. The van der Waals surface area contributed by atoms with Crippen molar-refractivity contribution in [2.75, 3.05) is 0 Å². The molecule has 0 bridgehead atoms. The van der Waals surface area contributed by atoms with Crippen molar-refractivity contribution in [1.82, 2.24) is 9.55 Å². The number of sulfone groups is 1. The van der Waals surface area contributed by atoms with Crippen LogP contribution in [0.25, 0.3) is 5.69 Å². The summed E-state index contributed by atoms with van der Waals surface area (Å²) in [6.07, 6.45) is 3.10. The fraction of sp³-hybridized carbons (Fsp3) is 0.118. The molecule has 1 aromatic heterocycles. The van der Waals surface area contributed by atoms with Crippen LogP contribution in [-0.4, -0.2) is 18.0 Å². The van der Waals surface area contributed by atoms with Gasteiger partial charge in [0, 0.05) is 23.1 Å². The van der Waals surface area contributed by atoms with Crippen LogP contribution in [-0.2, 0) is 15.6 Å². The Bertz CT molecular complexity index is 948. The molecule has 2 aromatic carbocycles. The minimum absolute atomic E-state index is 0.0151. The Hall–Kier alpha value is -2.11. The highest BCUT2D eigenvalue weighted by Gasteiger charge is 2.22. The molecule has 0 fully saturated rings. The van der Waals surface area contributed by atoms with E-state index in [0.29, 0.717) is 10.7 Å². The van der Waals surface area contributed by atoms with Gasteiger partial charge in [-0.3, -0.25) is 4.57 Å². The molecule has 0 aliphatic rings. The zero-order valence-corrected chi connectivity index (χ0v) is 14.1. The molecule has 4 nitrogen and oxygen atoms in total. The summed E-state index contributed by atoms with van der Waals surface area (Å²) >= 11 is 5.99. The van der Waals surface area contributed by atoms with Crippen molar-refractivity contribution in [1.29, 1.82) is 0 Å². The van der Waals surface area contributed by atoms with Gasteiger partial charge >= 0.3 is 0 Å². The highest BCUT2D eigenvalue weighted by atomic mass is 35.5. The van der Waals surface area contributed by atoms with Crippen molar-refractivity contribution in [2.24, 2.45) is 0 Å². The van der Waals surface area contributed by atoms with Crippen molar-refractivity contribution in [2.45, 2.75) is 17.8 Å². The summed E-state index contributed by atoms with van der Waals surface area (Å²) in [5, 5.41) is 0.555. The summed E-state index contributed by atoms with van der Waals surface area (Å²) in [6, 6.07) is 14.5. The molecular weight excluding hydrogens is 332 g/mol. The zero-order valence-electron chi connectivity index (χ0n) is 12.5. The average molecular weight is 347 g/mol. The van der Waals surface area contributed by atoms with E-state index < -0.39 is 9.84 Å². The minimum atomic E-state index is -3.57. The number of hydrogen-bond acceptors (Lipinski definition) is 3. The third kappa shape index (κ3) is 3.46. The first kappa shape index (κ1) is 15.8. The molecule has 6 heteroatoms. The summed E-state index contributed by atoms with van der Waals surface area (Å²) in [6.45, 7) is 1.93. The van der Waals surface area contributed by atoms with Crippen LogP contribution in [0.4, 0.5) is 0 Å². The van der Waals surface area contributed by atoms with Crippen molar-refractivity contribution < 1.29 is 8.42 Å². The lowest BCUT2D eigenvalue weighted by molar-refractivity contribution is 0.583. The molecule has 0 saturated carbocycles. The summed E-state index contributed by atoms with van der Waals surface area (Å²) < 4.78 is 27.0. The Morgan fingerprint density at radius 3 is 2.65 bits per heavy atom. The normalized spacial score (nSPS) is 11.6. The number of imidazole rings is 1. The van der Waals surface area contributed by atoms with Gasteiger partial charge in [0.25, 0.3) is 0 Å². The first-order valence-electron chi connectivity index (χ1n) is 7.03. The molecule has 0 aliphatic heterocycles. The van der Waals surface area contributed by atoms with Gasteiger partial charge in [-0.05, 0) is 30.7 Å². The standard InChI is InChI=1S/C17H15ClN2O2S/c1-13-4-2-5-14(10-13)12-23(21,22)17-19-8-9-20(17)16-7-3-6-15(18)11-16/h2-11H,12H2,1H3. The second kappa shape index (κ2) is 6.18. The third-order valence-electron chi connectivity index (χ3n) is 3.41. The van der Waals surface area contributed by atoms with Crippen molar-refractivity contribution in [3.63, 3.8) is 0 Å². The highest BCUT2D eigenvalue weighted by Crippen LogP contribution is 2.21. The maximum absolute atomic E-state index is 12.7. The lowest BCUT2D eigenvalue weighted by Crippen LogP contribution is -2.12. The number of halogens is 1. The van der Waals surface area contributed by atoms with Gasteiger partial charge in [-0.2, -0.15) is 0 Å².